The van der Waals surface area contributed by atoms with Crippen LogP contribution < -0.4 is 5.48 Å². The number of nitrogens with zero attached hydrogens (tertiary/aromatic N) is 1. The largest absolute Gasteiger partial charge is 0.332 e. The molecule has 2 N–H and O–H groups in total. The number of rotatable bonds is 6. The SMILES string of the molecule is CCC(c1ccccc1)N1CCC=C(CCC(=O)NO)C1=O. The molecule has 0 spiro atoms. The molecule has 1 heterocycles. The van der Waals surface area contributed by atoms with Crippen LogP contribution >= 0.6 is 0 Å². The van der Waals surface area contributed by atoms with Crippen LogP contribution in [0.25, 0.3) is 0 Å². The van der Waals surface area contributed by atoms with Crippen LogP contribution in [-0.4, -0.2) is 28.5 Å². The Labute approximate surface area is 130 Å². The fourth-order valence-electron chi connectivity index (χ4n) is 2.87. The summed E-state index contributed by atoms with van der Waals surface area (Å²) in [4.78, 5) is 25.7. The number of hydroxylamine groups is 1. The molecule has 0 aliphatic carbocycles. The average molecular weight is 302 g/mol. The molecule has 0 radical (unpaired) electrons. The summed E-state index contributed by atoms with van der Waals surface area (Å²) >= 11 is 0. The molecule has 0 aromatic heterocycles. The van der Waals surface area contributed by atoms with Crippen molar-refractivity contribution in [2.75, 3.05) is 6.54 Å². The van der Waals surface area contributed by atoms with Crippen molar-refractivity contribution < 1.29 is 14.8 Å². The van der Waals surface area contributed by atoms with Crippen molar-refractivity contribution in [2.24, 2.45) is 0 Å². The van der Waals surface area contributed by atoms with Crippen LogP contribution in [0.4, 0.5) is 0 Å². The first kappa shape index (κ1) is 16.2. The molecule has 118 valence electrons. The van der Waals surface area contributed by atoms with E-state index in [1.807, 2.05) is 41.3 Å². The van der Waals surface area contributed by atoms with Gasteiger partial charge in [-0.15, -0.1) is 0 Å². The summed E-state index contributed by atoms with van der Waals surface area (Å²) in [6, 6.07) is 10.1. The summed E-state index contributed by atoms with van der Waals surface area (Å²) in [5.74, 6) is -0.478. The maximum atomic E-state index is 12.7. The molecule has 1 aliphatic rings. The predicted octanol–water partition coefficient (Wildman–Crippen LogP) is 2.58. The van der Waals surface area contributed by atoms with Gasteiger partial charge in [0.2, 0.25) is 11.8 Å². The van der Waals surface area contributed by atoms with Gasteiger partial charge >= 0.3 is 0 Å². The average Bonchev–Trinajstić information content (AvgIpc) is 2.56. The second-order valence-corrected chi connectivity index (χ2v) is 5.39. The quantitative estimate of drug-likeness (QED) is 0.627. The van der Waals surface area contributed by atoms with Gasteiger partial charge in [-0.3, -0.25) is 14.8 Å². The third-order valence-corrected chi connectivity index (χ3v) is 3.99. The van der Waals surface area contributed by atoms with Crippen molar-refractivity contribution in [3.05, 3.63) is 47.5 Å². The molecule has 5 heteroatoms. The highest BCUT2D eigenvalue weighted by Crippen LogP contribution is 2.29. The van der Waals surface area contributed by atoms with Crippen molar-refractivity contribution in [1.29, 1.82) is 0 Å². The van der Waals surface area contributed by atoms with Gasteiger partial charge in [0, 0.05) is 18.5 Å². The van der Waals surface area contributed by atoms with E-state index in [-0.39, 0.29) is 18.4 Å². The van der Waals surface area contributed by atoms with Crippen molar-refractivity contribution >= 4 is 11.8 Å². The first-order valence-corrected chi connectivity index (χ1v) is 7.65. The Morgan fingerprint density at radius 3 is 2.73 bits per heavy atom. The van der Waals surface area contributed by atoms with E-state index in [1.54, 1.807) is 5.48 Å². The summed E-state index contributed by atoms with van der Waals surface area (Å²) in [5, 5.41) is 8.54. The van der Waals surface area contributed by atoms with Crippen LogP contribution in [0, 0.1) is 0 Å². The van der Waals surface area contributed by atoms with Gasteiger partial charge in [-0.25, -0.2) is 5.48 Å². The Hall–Kier alpha value is -2.14. The number of benzene rings is 1. The van der Waals surface area contributed by atoms with Gasteiger partial charge in [0.05, 0.1) is 6.04 Å². The van der Waals surface area contributed by atoms with E-state index < -0.39 is 5.91 Å². The number of amides is 2. The molecule has 0 saturated carbocycles. The first-order valence-electron chi connectivity index (χ1n) is 7.65. The third kappa shape index (κ3) is 3.74. The summed E-state index contributed by atoms with van der Waals surface area (Å²) in [6.07, 6.45) is 4.02. The highest BCUT2D eigenvalue weighted by atomic mass is 16.5. The van der Waals surface area contributed by atoms with Gasteiger partial charge in [-0.1, -0.05) is 43.3 Å². The lowest BCUT2D eigenvalue weighted by Gasteiger charge is -2.34. The van der Waals surface area contributed by atoms with Crippen molar-refractivity contribution in [3.8, 4) is 0 Å². The van der Waals surface area contributed by atoms with E-state index in [9.17, 15) is 9.59 Å². The van der Waals surface area contributed by atoms with Crippen LogP contribution in [-0.2, 0) is 9.59 Å². The molecule has 1 aromatic carbocycles. The summed E-state index contributed by atoms with van der Waals surface area (Å²) < 4.78 is 0. The molecule has 2 rings (SSSR count). The lowest BCUT2D eigenvalue weighted by atomic mass is 9.97. The normalized spacial score (nSPS) is 16.2. The lowest BCUT2D eigenvalue weighted by Crippen LogP contribution is -2.39. The number of carbonyl (C=O) groups is 2. The molecule has 2 amide bonds. The summed E-state index contributed by atoms with van der Waals surface area (Å²) in [6.45, 7) is 2.77. The monoisotopic (exact) mass is 302 g/mol. The minimum absolute atomic E-state index is 0.00677. The third-order valence-electron chi connectivity index (χ3n) is 3.99. The molecule has 5 nitrogen and oxygen atoms in total. The maximum absolute atomic E-state index is 12.7. The van der Waals surface area contributed by atoms with E-state index in [0.717, 1.165) is 18.4 Å². The molecular weight excluding hydrogens is 280 g/mol. The van der Waals surface area contributed by atoms with Crippen molar-refractivity contribution in [2.45, 2.75) is 38.6 Å². The zero-order valence-electron chi connectivity index (χ0n) is 12.8. The van der Waals surface area contributed by atoms with Crippen LogP contribution in [0.1, 0.15) is 44.2 Å². The van der Waals surface area contributed by atoms with E-state index in [2.05, 4.69) is 6.92 Å². The Balaban J connectivity index is 2.10. The van der Waals surface area contributed by atoms with Gasteiger partial charge in [0.25, 0.3) is 0 Å². The highest BCUT2D eigenvalue weighted by molar-refractivity contribution is 5.95. The Kier molecular flexibility index (Phi) is 5.72. The first-order chi connectivity index (χ1) is 10.7. The van der Waals surface area contributed by atoms with Gasteiger partial charge in [0.1, 0.15) is 0 Å². The Morgan fingerprint density at radius 2 is 2.09 bits per heavy atom. The number of hydrogen-bond donors (Lipinski definition) is 2. The Morgan fingerprint density at radius 1 is 1.36 bits per heavy atom. The predicted molar refractivity (Wildman–Crippen MR) is 83.1 cm³/mol. The molecule has 1 atom stereocenters. The number of hydrogen-bond acceptors (Lipinski definition) is 3. The number of nitrogens with one attached hydrogen (secondary N) is 1. The van der Waals surface area contributed by atoms with Gasteiger partial charge in [-0.05, 0) is 24.8 Å². The van der Waals surface area contributed by atoms with Crippen LogP contribution in [0.3, 0.4) is 0 Å². The lowest BCUT2D eigenvalue weighted by molar-refractivity contribution is -0.131. The topological polar surface area (TPSA) is 69.6 Å². The van der Waals surface area contributed by atoms with E-state index in [1.165, 1.54) is 0 Å². The van der Waals surface area contributed by atoms with Gasteiger partial charge < -0.3 is 4.90 Å². The summed E-state index contributed by atoms with van der Waals surface area (Å²) in [7, 11) is 0. The van der Waals surface area contributed by atoms with Crippen molar-refractivity contribution in [1.82, 2.24) is 10.4 Å². The second-order valence-electron chi connectivity index (χ2n) is 5.39. The molecule has 0 fully saturated rings. The molecule has 1 unspecified atom stereocenters. The fraction of sp³-hybridized carbons (Fsp3) is 0.412. The molecular formula is C17H22N2O3. The molecule has 22 heavy (non-hydrogen) atoms. The van der Waals surface area contributed by atoms with Gasteiger partial charge in [-0.2, -0.15) is 0 Å². The number of carbonyl (C=O) groups excluding carboxylic acids is 2. The standard InChI is InChI=1S/C17H22N2O3/c1-2-15(13-7-4-3-5-8-13)19-12-6-9-14(17(19)21)10-11-16(20)18-22/h3-5,7-9,15,22H,2,6,10-12H2,1H3,(H,18,20). The molecule has 1 aromatic rings. The van der Waals surface area contributed by atoms with Crippen molar-refractivity contribution in [3.63, 3.8) is 0 Å². The molecule has 1 aliphatic heterocycles. The minimum atomic E-state index is -0.471. The van der Waals surface area contributed by atoms with E-state index in [0.29, 0.717) is 18.5 Å². The zero-order chi connectivity index (χ0) is 15.9. The van der Waals surface area contributed by atoms with Crippen LogP contribution in [0.2, 0.25) is 0 Å². The van der Waals surface area contributed by atoms with Crippen LogP contribution in [0.5, 0.6) is 0 Å². The minimum Gasteiger partial charge on any atom is -0.332 e. The molecule has 0 bridgehead atoms. The van der Waals surface area contributed by atoms with Crippen LogP contribution in [0.15, 0.2) is 42.0 Å². The zero-order valence-corrected chi connectivity index (χ0v) is 12.8. The fourth-order valence-corrected chi connectivity index (χ4v) is 2.87. The molecule has 0 saturated heterocycles. The van der Waals surface area contributed by atoms with E-state index in [4.69, 9.17) is 5.21 Å². The maximum Gasteiger partial charge on any atom is 0.249 e. The summed E-state index contributed by atoms with van der Waals surface area (Å²) in [5.41, 5.74) is 3.39. The highest BCUT2D eigenvalue weighted by Gasteiger charge is 2.28. The smallest absolute Gasteiger partial charge is 0.249 e. The van der Waals surface area contributed by atoms with E-state index >= 15 is 0 Å². The van der Waals surface area contributed by atoms with Gasteiger partial charge in [0.15, 0.2) is 0 Å². The Bertz CT molecular complexity index is 554. The second kappa shape index (κ2) is 7.75.